The van der Waals surface area contributed by atoms with Gasteiger partial charge in [0.25, 0.3) is 0 Å². The van der Waals surface area contributed by atoms with Crippen molar-refractivity contribution in [2.24, 2.45) is 5.41 Å². The highest BCUT2D eigenvalue weighted by atomic mass is 15.1. The molecule has 1 aromatic rings. The topological polar surface area (TPSA) is 28.7 Å². The molecule has 12 heavy (non-hydrogen) atoms. The first-order valence-corrected chi connectivity index (χ1v) is 4.35. The highest BCUT2D eigenvalue weighted by Crippen LogP contribution is 2.39. The maximum absolute atomic E-state index is 3.98. The first-order valence-electron chi connectivity index (χ1n) is 4.35. The predicted octanol–water partition coefficient (Wildman–Crippen LogP) is 2.73. The van der Waals surface area contributed by atoms with E-state index in [1.165, 1.54) is 5.69 Å². The van der Waals surface area contributed by atoms with Crippen molar-refractivity contribution in [3.8, 4) is 0 Å². The standard InChI is InChI=1S/C10H18N2/c1-9(2,3)10(4,5)8-6-7-11-12-8/h6-7H,1-5H3,(H,11,12). The molecule has 0 spiro atoms. The zero-order chi connectivity index (χ0) is 9.41. The minimum Gasteiger partial charge on any atom is -0.282 e. The molecular formula is C10H18N2. The fraction of sp³-hybridized carbons (Fsp3) is 0.700. The second kappa shape index (κ2) is 2.61. The van der Waals surface area contributed by atoms with Crippen molar-refractivity contribution in [1.29, 1.82) is 0 Å². The van der Waals surface area contributed by atoms with Gasteiger partial charge in [0, 0.05) is 17.3 Å². The Morgan fingerprint density at radius 2 is 1.75 bits per heavy atom. The van der Waals surface area contributed by atoms with Crippen LogP contribution in [-0.2, 0) is 5.41 Å². The molecule has 1 heterocycles. The minimum absolute atomic E-state index is 0.142. The summed E-state index contributed by atoms with van der Waals surface area (Å²) in [6.45, 7) is 11.2. The van der Waals surface area contributed by atoms with Gasteiger partial charge in [0.15, 0.2) is 0 Å². The van der Waals surface area contributed by atoms with Crippen LogP contribution < -0.4 is 0 Å². The van der Waals surface area contributed by atoms with Gasteiger partial charge in [0.05, 0.1) is 0 Å². The van der Waals surface area contributed by atoms with Crippen LogP contribution in [0, 0.1) is 5.41 Å². The Bertz CT molecular complexity index is 239. The largest absolute Gasteiger partial charge is 0.282 e. The zero-order valence-electron chi connectivity index (χ0n) is 8.60. The van der Waals surface area contributed by atoms with E-state index in [1.54, 1.807) is 0 Å². The number of rotatable bonds is 1. The van der Waals surface area contributed by atoms with Gasteiger partial charge < -0.3 is 0 Å². The summed E-state index contributed by atoms with van der Waals surface area (Å²) in [5.74, 6) is 0. The van der Waals surface area contributed by atoms with E-state index >= 15 is 0 Å². The van der Waals surface area contributed by atoms with Crippen molar-refractivity contribution in [3.63, 3.8) is 0 Å². The lowest BCUT2D eigenvalue weighted by Crippen LogP contribution is -2.34. The molecule has 0 saturated heterocycles. The maximum Gasteiger partial charge on any atom is 0.0490 e. The molecule has 0 unspecified atom stereocenters. The van der Waals surface area contributed by atoms with Gasteiger partial charge in [-0.2, -0.15) is 5.10 Å². The third-order valence-corrected chi connectivity index (χ3v) is 3.05. The Labute approximate surface area is 74.4 Å². The lowest BCUT2D eigenvalue weighted by Gasteiger charge is -2.37. The van der Waals surface area contributed by atoms with E-state index in [1.807, 2.05) is 12.3 Å². The van der Waals surface area contributed by atoms with Crippen LogP contribution in [-0.4, -0.2) is 10.2 Å². The van der Waals surface area contributed by atoms with E-state index in [-0.39, 0.29) is 10.8 Å². The molecule has 0 radical (unpaired) electrons. The number of aromatic amines is 1. The number of nitrogens with zero attached hydrogens (tertiary/aromatic N) is 1. The molecule has 0 fully saturated rings. The average molecular weight is 166 g/mol. The van der Waals surface area contributed by atoms with Crippen molar-refractivity contribution in [2.45, 2.75) is 40.0 Å². The lowest BCUT2D eigenvalue weighted by atomic mass is 9.67. The molecule has 0 aromatic carbocycles. The third-order valence-electron chi connectivity index (χ3n) is 3.05. The van der Waals surface area contributed by atoms with E-state index in [0.29, 0.717) is 0 Å². The van der Waals surface area contributed by atoms with Crippen LogP contribution >= 0.6 is 0 Å². The van der Waals surface area contributed by atoms with Crippen LogP contribution in [0.15, 0.2) is 12.3 Å². The highest BCUT2D eigenvalue weighted by Gasteiger charge is 2.35. The van der Waals surface area contributed by atoms with Crippen molar-refractivity contribution < 1.29 is 0 Å². The number of hydrogen-bond acceptors (Lipinski definition) is 1. The van der Waals surface area contributed by atoms with Gasteiger partial charge in [-0.1, -0.05) is 34.6 Å². The van der Waals surface area contributed by atoms with Gasteiger partial charge in [-0.05, 0) is 11.5 Å². The molecule has 1 aromatic heterocycles. The number of nitrogens with one attached hydrogen (secondary N) is 1. The minimum atomic E-state index is 0.142. The van der Waals surface area contributed by atoms with Crippen molar-refractivity contribution in [2.75, 3.05) is 0 Å². The molecule has 1 N–H and O–H groups in total. The third kappa shape index (κ3) is 1.38. The van der Waals surface area contributed by atoms with Crippen LogP contribution in [0.25, 0.3) is 0 Å². The molecule has 0 amide bonds. The first kappa shape index (κ1) is 9.30. The normalized spacial score (nSPS) is 13.4. The van der Waals surface area contributed by atoms with Crippen LogP contribution in [0.4, 0.5) is 0 Å². The summed E-state index contributed by atoms with van der Waals surface area (Å²) in [4.78, 5) is 0. The maximum atomic E-state index is 3.98. The van der Waals surface area contributed by atoms with Crippen molar-refractivity contribution >= 4 is 0 Å². The molecule has 0 atom stereocenters. The second-order valence-electron chi connectivity index (χ2n) is 4.85. The summed E-state index contributed by atoms with van der Waals surface area (Å²) in [6, 6.07) is 2.05. The number of aromatic nitrogens is 2. The molecule has 0 bridgehead atoms. The van der Waals surface area contributed by atoms with E-state index < -0.39 is 0 Å². The fourth-order valence-electron chi connectivity index (χ4n) is 1.01. The smallest absolute Gasteiger partial charge is 0.0490 e. The van der Waals surface area contributed by atoms with E-state index in [4.69, 9.17) is 0 Å². The molecule has 0 aliphatic rings. The van der Waals surface area contributed by atoms with Crippen LogP contribution in [0.3, 0.4) is 0 Å². The van der Waals surface area contributed by atoms with Crippen LogP contribution in [0.5, 0.6) is 0 Å². The predicted molar refractivity (Wildman–Crippen MR) is 51.1 cm³/mol. The van der Waals surface area contributed by atoms with Gasteiger partial charge in [-0.15, -0.1) is 0 Å². The summed E-state index contributed by atoms with van der Waals surface area (Å²) in [7, 11) is 0. The molecule has 2 heteroatoms. The van der Waals surface area contributed by atoms with E-state index in [0.717, 1.165) is 0 Å². The monoisotopic (exact) mass is 166 g/mol. The van der Waals surface area contributed by atoms with E-state index in [9.17, 15) is 0 Å². The summed E-state index contributed by atoms with van der Waals surface area (Å²) in [5.41, 5.74) is 1.60. The molecule has 68 valence electrons. The van der Waals surface area contributed by atoms with Gasteiger partial charge in [-0.25, -0.2) is 0 Å². The Hall–Kier alpha value is -0.790. The van der Waals surface area contributed by atoms with Gasteiger partial charge in [0.1, 0.15) is 0 Å². The SMILES string of the molecule is CC(C)(C)C(C)(C)c1ccn[nH]1. The summed E-state index contributed by atoms with van der Waals surface area (Å²) >= 11 is 0. The summed E-state index contributed by atoms with van der Waals surface area (Å²) < 4.78 is 0. The molecule has 1 rings (SSSR count). The van der Waals surface area contributed by atoms with Crippen molar-refractivity contribution in [3.05, 3.63) is 18.0 Å². The van der Waals surface area contributed by atoms with Gasteiger partial charge in [-0.3, -0.25) is 5.10 Å². The zero-order valence-corrected chi connectivity index (χ0v) is 8.60. The van der Waals surface area contributed by atoms with Gasteiger partial charge >= 0.3 is 0 Å². The molecule has 0 aliphatic heterocycles. The Morgan fingerprint density at radius 3 is 2.08 bits per heavy atom. The molecule has 2 nitrogen and oxygen atoms in total. The first-order chi connectivity index (χ1) is 5.36. The fourth-order valence-corrected chi connectivity index (χ4v) is 1.01. The Kier molecular flexibility index (Phi) is 2.02. The Balaban J connectivity index is 3.02. The molecular weight excluding hydrogens is 148 g/mol. The average Bonchev–Trinajstić information content (AvgIpc) is 2.34. The van der Waals surface area contributed by atoms with Crippen molar-refractivity contribution in [1.82, 2.24) is 10.2 Å². The van der Waals surface area contributed by atoms with Crippen LogP contribution in [0.1, 0.15) is 40.3 Å². The number of hydrogen-bond donors (Lipinski definition) is 1. The Morgan fingerprint density at radius 1 is 1.17 bits per heavy atom. The quantitative estimate of drug-likeness (QED) is 0.682. The summed E-state index contributed by atoms with van der Waals surface area (Å²) in [6.07, 6.45) is 1.81. The summed E-state index contributed by atoms with van der Waals surface area (Å²) in [5, 5.41) is 7.01. The second-order valence-corrected chi connectivity index (χ2v) is 4.85. The highest BCUT2D eigenvalue weighted by molar-refractivity contribution is 5.15. The number of H-pyrrole nitrogens is 1. The lowest BCUT2D eigenvalue weighted by molar-refractivity contribution is 0.219. The molecule has 0 saturated carbocycles. The van der Waals surface area contributed by atoms with Gasteiger partial charge in [0.2, 0.25) is 0 Å². The van der Waals surface area contributed by atoms with Crippen LogP contribution in [0.2, 0.25) is 0 Å². The molecule has 0 aliphatic carbocycles. The van der Waals surface area contributed by atoms with E-state index in [2.05, 4.69) is 44.8 Å².